The Kier molecular flexibility index (Phi) is 6.06. The second-order valence-electron chi connectivity index (χ2n) is 6.00. The highest BCUT2D eigenvalue weighted by atomic mass is 79.9. The third-order valence-corrected chi connectivity index (χ3v) is 5.47. The summed E-state index contributed by atoms with van der Waals surface area (Å²) in [5.74, 6) is 0.0973. The molecule has 1 fully saturated rings. The highest BCUT2D eigenvalue weighted by Gasteiger charge is 2.24. The number of aromatic nitrogens is 2. The van der Waals surface area contributed by atoms with Crippen LogP contribution in [-0.2, 0) is 0 Å². The molecule has 5 nitrogen and oxygen atoms in total. The molecule has 1 aliphatic rings. The third-order valence-electron chi connectivity index (χ3n) is 4.32. The molecular formula is C17H22BrClN4O. The number of amides is 1. The summed E-state index contributed by atoms with van der Waals surface area (Å²) in [4.78, 5) is 14.6. The lowest BCUT2D eigenvalue weighted by Crippen LogP contribution is -2.52. The second kappa shape index (κ2) is 7.68. The van der Waals surface area contributed by atoms with E-state index in [0.717, 1.165) is 46.7 Å². The van der Waals surface area contributed by atoms with Crippen LogP contribution in [0.4, 0.5) is 0 Å². The molecule has 7 heteroatoms. The molecule has 2 heterocycles. The molecule has 2 aromatic rings. The molecular weight excluding hydrogens is 392 g/mol. The number of halogens is 2. The van der Waals surface area contributed by atoms with Gasteiger partial charge in [0.05, 0.1) is 21.5 Å². The highest BCUT2D eigenvalue weighted by molar-refractivity contribution is 9.10. The molecule has 0 spiro atoms. The maximum Gasteiger partial charge on any atom is 0.254 e. The molecule has 130 valence electrons. The van der Waals surface area contributed by atoms with E-state index in [2.05, 4.69) is 33.3 Å². The van der Waals surface area contributed by atoms with Crippen molar-refractivity contribution in [3.8, 4) is 5.69 Å². The van der Waals surface area contributed by atoms with Crippen molar-refractivity contribution < 1.29 is 4.79 Å². The van der Waals surface area contributed by atoms with E-state index in [1.165, 1.54) is 0 Å². The van der Waals surface area contributed by atoms with Crippen molar-refractivity contribution in [3.05, 3.63) is 45.7 Å². The van der Waals surface area contributed by atoms with Gasteiger partial charge in [0.1, 0.15) is 0 Å². The van der Waals surface area contributed by atoms with Crippen LogP contribution in [-0.4, -0.2) is 46.3 Å². The number of carbonyl (C=O) groups excluding carboxylic acids is 1. The summed E-state index contributed by atoms with van der Waals surface area (Å²) < 4.78 is 2.91. The first kappa shape index (κ1) is 19.0. The number of hydrogen-bond donors (Lipinski definition) is 1. The van der Waals surface area contributed by atoms with E-state index >= 15 is 0 Å². The maximum absolute atomic E-state index is 12.7. The Hall–Kier alpha value is -1.37. The molecule has 1 atom stereocenters. The van der Waals surface area contributed by atoms with Gasteiger partial charge in [-0.15, -0.1) is 12.4 Å². The summed E-state index contributed by atoms with van der Waals surface area (Å²) in [7, 11) is 0. The molecule has 1 aromatic carbocycles. The van der Waals surface area contributed by atoms with Crippen LogP contribution < -0.4 is 5.32 Å². The van der Waals surface area contributed by atoms with Gasteiger partial charge in [-0.3, -0.25) is 4.79 Å². The van der Waals surface area contributed by atoms with Crippen molar-refractivity contribution in [2.24, 2.45) is 0 Å². The first-order chi connectivity index (χ1) is 11.0. The van der Waals surface area contributed by atoms with Gasteiger partial charge in [-0.05, 0) is 61.0 Å². The Morgan fingerprint density at radius 3 is 2.50 bits per heavy atom. The van der Waals surface area contributed by atoms with Crippen LogP contribution >= 0.6 is 28.3 Å². The zero-order valence-corrected chi connectivity index (χ0v) is 16.4. The fourth-order valence-corrected chi connectivity index (χ4v) is 3.18. The molecule has 1 N–H and O–H groups in total. The van der Waals surface area contributed by atoms with Crippen molar-refractivity contribution >= 4 is 34.2 Å². The van der Waals surface area contributed by atoms with Crippen molar-refractivity contribution in [1.29, 1.82) is 0 Å². The summed E-state index contributed by atoms with van der Waals surface area (Å²) in [6.45, 7) is 8.53. The van der Waals surface area contributed by atoms with Crippen molar-refractivity contribution in [2.75, 3.05) is 19.6 Å². The largest absolute Gasteiger partial charge is 0.333 e. The number of benzene rings is 1. The number of hydrogen-bond acceptors (Lipinski definition) is 3. The topological polar surface area (TPSA) is 50.2 Å². The molecule has 1 amide bonds. The minimum absolute atomic E-state index is 0. The van der Waals surface area contributed by atoms with Crippen LogP contribution in [0.5, 0.6) is 0 Å². The highest BCUT2D eigenvalue weighted by Crippen LogP contribution is 2.23. The van der Waals surface area contributed by atoms with E-state index in [-0.39, 0.29) is 24.4 Å². The average molecular weight is 414 g/mol. The van der Waals surface area contributed by atoms with Gasteiger partial charge in [0.15, 0.2) is 0 Å². The Bertz CT molecular complexity index is 729. The molecule has 1 unspecified atom stereocenters. The average Bonchev–Trinajstić information content (AvgIpc) is 2.82. The van der Waals surface area contributed by atoms with Gasteiger partial charge >= 0.3 is 0 Å². The smallest absolute Gasteiger partial charge is 0.254 e. The standard InChI is InChI=1S/C17H21BrN4O.ClH/c1-11-10-19-8-9-21(11)17(23)14-4-6-15(7-5-14)22-13(3)16(18)12(2)20-22;/h4-7,11,19H,8-10H2,1-3H3;1H. The summed E-state index contributed by atoms with van der Waals surface area (Å²) in [6, 6.07) is 7.90. The van der Waals surface area contributed by atoms with E-state index in [9.17, 15) is 4.79 Å². The van der Waals surface area contributed by atoms with Crippen LogP contribution in [0.3, 0.4) is 0 Å². The normalized spacial score (nSPS) is 17.5. The fourth-order valence-electron chi connectivity index (χ4n) is 2.93. The SMILES string of the molecule is Cc1nn(-c2ccc(C(=O)N3CCNCC3C)cc2)c(C)c1Br.Cl. The van der Waals surface area contributed by atoms with E-state index in [1.807, 2.05) is 47.7 Å². The molecule has 1 saturated heterocycles. The monoisotopic (exact) mass is 412 g/mol. The predicted molar refractivity (Wildman–Crippen MR) is 101 cm³/mol. The molecule has 3 rings (SSSR count). The van der Waals surface area contributed by atoms with Gasteiger partial charge in [-0.2, -0.15) is 5.10 Å². The summed E-state index contributed by atoms with van der Waals surface area (Å²) >= 11 is 3.54. The number of carbonyl (C=O) groups is 1. The molecule has 0 saturated carbocycles. The Labute approximate surface area is 157 Å². The van der Waals surface area contributed by atoms with Gasteiger partial charge in [0, 0.05) is 31.2 Å². The first-order valence-corrected chi connectivity index (χ1v) is 8.62. The first-order valence-electron chi connectivity index (χ1n) is 7.83. The summed E-state index contributed by atoms with van der Waals surface area (Å²) in [5, 5.41) is 7.83. The number of nitrogens with zero attached hydrogens (tertiary/aromatic N) is 3. The molecule has 0 bridgehead atoms. The van der Waals surface area contributed by atoms with Gasteiger partial charge in [0.2, 0.25) is 0 Å². The predicted octanol–water partition coefficient (Wildman–Crippen LogP) is 3.11. The maximum atomic E-state index is 12.7. The lowest BCUT2D eigenvalue weighted by atomic mass is 10.1. The van der Waals surface area contributed by atoms with Crippen LogP contribution in [0.2, 0.25) is 0 Å². The zero-order chi connectivity index (χ0) is 16.6. The molecule has 1 aromatic heterocycles. The lowest BCUT2D eigenvalue weighted by Gasteiger charge is -2.34. The van der Waals surface area contributed by atoms with E-state index in [1.54, 1.807) is 0 Å². The van der Waals surface area contributed by atoms with E-state index in [0.29, 0.717) is 0 Å². The summed E-state index contributed by atoms with van der Waals surface area (Å²) in [5.41, 5.74) is 3.69. The Morgan fingerprint density at radius 2 is 1.96 bits per heavy atom. The van der Waals surface area contributed by atoms with E-state index in [4.69, 9.17) is 0 Å². The van der Waals surface area contributed by atoms with Crippen molar-refractivity contribution in [1.82, 2.24) is 20.0 Å². The number of nitrogens with one attached hydrogen (secondary N) is 1. The van der Waals surface area contributed by atoms with Crippen molar-refractivity contribution in [3.63, 3.8) is 0 Å². The minimum atomic E-state index is 0. The quantitative estimate of drug-likeness (QED) is 0.823. The van der Waals surface area contributed by atoms with Crippen molar-refractivity contribution in [2.45, 2.75) is 26.8 Å². The molecule has 0 aliphatic carbocycles. The van der Waals surface area contributed by atoms with E-state index < -0.39 is 0 Å². The van der Waals surface area contributed by atoms with Gasteiger partial charge in [-0.25, -0.2) is 4.68 Å². The van der Waals surface area contributed by atoms with Gasteiger partial charge in [0.25, 0.3) is 5.91 Å². The number of aryl methyl sites for hydroxylation is 1. The minimum Gasteiger partial charge on any atom is -0.333 e. The number of rotatable bonds is 2. The molecule has 24 heavy (non-hydrogen) atoms. The second-order valence-corrected chi connectivity index (χ2v) is 6.79. The van der Waals surface area contributed by atoms with Crippen LogP contribution in [0.1, 0.15) is 28.7 Å². The zero-order valence-electron chi connectivity index (χ0n) is 14.0. The molecule has 1 aliphatic heterocycles. The third kappa shape index (κ3) is 3.50. The Balaban J connectivity index is 0.00000208. The van der Waals surface area contributed by atoms with Gasteiger partial charge < -0.3 is 10.2 Å². The lowest BCUT2D eigenvalue weighted by molar-refractivity contribution is 0.0656. The molecule has 0 radical (unpaired) electrons. The van der Waals surface area contributed by atoms with Crippen LogP contribution in [0.25, 0.3) is 5.69 Å². The fraction of sp³-hybridized carbons (Fsp3) is 0.412. The summed E-state index contributed by atoms with van der Waals surface area (Å²) in [6.07, 6.45) is 0. The van der Waals surface area contributed by atoms with Crippen LogP contribution in [0.15, 0.2) is 28.7 Å². The Morgan fingerprint density at radius 1 is 1.29 bits per heavy atom. The van der Waals surface area contributed by atoms with Crippen LogP contribution in [0, 0.1) is 13.8 Å². The van der Waals surface area contributed by atoms with Gasteiger partial charge in [-0.1, -0.05) is 0 Å². The number of piperazine rings is 1.